The number of carbonyl (C=O) groups is 2. The number of carbonyl (C=O) groups excluding carboxylic acids is 1. The lowest BCUT2D eigenvalue weighted by Crippen LogP contribution is -2.15. The summed E-state index contributed by atoms with van der Waals surface area (Å²) in [5, 5.41) is 8.76. The van der Waals surface area contributed by atoms with Gasteiger partial charge >= 0.3 is 5.97 Å². The van der Waals surface area contributed by atoms with Crippen LogP contribution in [0, 0.1) is 0 Å². The SMILES string of the molecule is C=CC(=O)O.O=C(c1ccccc1)c1ccccc1[SiH3]. The van der Waals surface area contributed by atoms with Gasteiger partial charge in [-0.15, -0.1) is 0 Å². The molecule has 3 nitrogen and oxygen atoms in total. The summed E-state index contributed by atoms with van der Waals surface area (Å²) >= 11 is 0. The molecule has 2 aromatic rings. The second-order valence-electron chi connectivity index (χ2n) is 4.05. The van der Waals surface area contributed by atoms with Crippen molar-refractivity contribution >= 4 is 27.2 Å². The van der Waals surface area contributed by atoms with Gasteiger partial charge in [-0.2, -0.15) is 0 Å². The van der Waals surface area contributed by atoms with Gasteiger partial charge in [0.15, 0.2) is 5.78 Å². The summed E-state index contributed by atoms with van der Waals surface area (Å²) in [6, 6.07) is 17.2. The molecule has 20 heavy (non-hydrogen) atoms. The second-order valence-corrected chi connectivity index (χ2v) is 5.13. The lowest BCUT2D eigenvalue weighted by atomic mass is 10.0. The Kier molecular flexibility index (Phi) is 6.13. The van der Waals surface area contributed by atoms with Gasteiger partial charge in [-0.25, -0.2) is 4.79 Å². The number of carboxylic acids is 1. The Morgan fingerprint density at radius 3 is 2.00 bits per heavy atom. The van der Waals surface area contributed by atoms with E-state index in [9.17, 15) is 9.59 Å². The third-order valence-corrected chi connectivity index (χ3v) is 3.47. The Balaban J connectivity index is 0.000000347. The first kappa shape index (κ1) is 15.6. The van der Waals surface area contributed by atoms with Gasteiger partial charge in [0.1, 0.15) is 0 Å². The average molecular weight is 284 g/mol. The fourth-order valence-corrected chi connectivity index (χ4v) is 2.16. The fourth-order valence-electron chi connectivity index (χ4n) is 1.57. The molecule has 0 aliphatic rings. The van der Waals surface area contributed by atoms with Gasteiger partial charge in [-0.1, -0.05) is 66.4 Å². The van der Waals surface area contributed by atoms with Crippen molar-refractivity contribution in [3.05, 3.63) is 78.4 Å². The molecular formula is C16H16O3Si. The molecule has 0 heterocycles. The zero-order chi connectivity index (χ0) is 15.0. The Morgan fingerprint density at radius 2 is 1.50 bits per heavy atom. The molecule has 0 saturated carbocycles. The van der Waals surface area contributed by atoms with Gasteiger partial charge in [0, 0.05) is 27.4 Å². The number of hydrogen-bond acceptors (Lipinski definition) is 2. The molecule has 0 radical (unpaired) electrons. The van der Waals surface area contributed by atoms with Gasteiger partial charge in [0.2, 0.25) is 0 Å². The standard InChI is InChI=1S/C13H12OSi.C3H4O2/c14-13(10-6-2-1-3-7-10)11-8-4-5-9-12(11)15;1-2-3(4)5/h1-9H,15H3;2H,1H2,(H,4,5). The summed E-state index contributed by atoms with van der Waals surface area (Å²) < 4.78 is 0. The molecule has 0 saturated heterocycles. The molecule has 0 amide bonds. The second kappa shape index (κ2) is 7.86. The van der Waals surface area contributed by atoms with E-state index in [1.807, 2.05) is 54.6 Å². The number of rotatable bonds is 3. The van der Waals surface area contributed by atoms with Crippen LogP contribution in [0.2, 0.25) is 0 Å². The maximum absolute atomic E-state index is 12.1. The van der Waals surface area contributed by atoms with E-state index in [0.717, 1.165) is 32.6 Å². The Hall–Kier alpha value is -2.46. The van der Waals surface area contributed by atoms with Crippen LogP contribution in [-0.2, 0) is 4.79 Å². The summed E-state index contributed by atoms with van der Waals surface area (Å²) in [4.78, 5) is 21.3. The molecule has 4 heteroatoms. The molecular weight excluding hydrogens is 268 g/mol. The lowest BCUT2D eigenvalue weighted by Gasteiger charge is -2.03. The van der Waals surface area contributed by atoms with Crippen molar-refractivity contribution in [1.82, 2.24) is 0 Å². The van der Waals surface area contributed by atoms with E-state index in [4.69, 9.17) is 5.11 Å². The minimum absolute atomic E-state index is 0.126. The maximum Gasteiger partial charge on any atom is 0.327 e. The zero-order valence-corrected chi connectivity index (χ0v) is 13.2. The third kappa shape index (κ3) is 4.66. The lowest BCUT2D eigenvalue weighted by molar-refractivity contribution is -0.131. The summed E-state index contributed by atoms with van der Waals surface area (Å²) in [6.45, 7) is 2.96. The van der Waals surface area contributed by atoms with Gasteiger partial charge in [0.05, 0.1) is 0 Å². The highest BCUT2D eigenvalue weighted by Crippen LogP contribution is 2.06. The van der Waals surface area contributed by atoms with E-state index in [1.165, 1.54) is 0 Å². The Bertz CT molecular complexity index is 606. The first-order chi connectivity index (χ1) is 9.56. The predicted molar refractivity (Wildman–Crippen MR) is 83.7 cm³/mol. The molecule has 0 aliphatic carbocycles. The average Bonchev–Trinajstić information content (AvgIpc) is 2.48. The van der Waals surface area contributed by atoms with Crippen LogP contribution in [0.15, 0.2) is 67.3 Å². The highest BCUT2D eigenvalue weighted by Gasteiger charge is 2.09. The van der Waals surface area contributed by atoms with E-state index in [-0.39, 0.29) is 5.78 Å². The summed E-state index contributed by atoms with van der Waals surface area (Å²) in [5.74, 6) is -0.855. The van der Waals surface area contributed by atoms with Crippen LogP contribution >= 0.6 is 0 Å². The Morgan fingerprint density at radius 1 is 1.00 bits per heavy atom. The Labute approximate surface area is 121 Å². The number of carboxylic acid groups (broad SMARTS) is 1. The molecule has 102 valence electrons. The minimum Gasteiger partial charge on any atom is -0.478 e. The minimum atomic E-state index is -0.981. The highest BCUT2D eigenvalue weighted by molar-refractivity contribution is 6.37. The quantitative estimate of drug-likeness (QED) is 0.523. The molecule has 2 aromatic carbocycles. The topological polar surface area (TPSA) is 54.4 Å². The monoisotopic (exact) mass is 284 g/mol. The van der Waals surface area contributed by atoms with Crippen molar-refractivity contribution in [3.63, 3.8) is 0 Å². The van der Waals surface area contributed by atoms with Crippen molar-refractivity contribution in [2.24, 2.45) is 0 Å². The first-order valence-electron chi connectivity index (χ1n) is 6.07. The third-order valence-electron chi connectivity index (χ3n) is 2.60. The molecule has 0 unspecified atom stereocenters. The normalized spacial score (nSPS) is 9.20. The molecule has 0 aliphatic heterocycles. The van der Waals surface area contributed by atoms with Crippen molar-refractivity contribution in [2.75, 3.05) is 0 Å². The predicted octanol–water partition coefficient (Wildman–Crippen LogP) is 1.17. The van der Waals surface area contributed by atoms with Crippen LogP contribution in [0.5, 0.6) is 0 Å². The van der Waals surface area contributed by atoms with E-state index in [1.54, 1.807) is 0 Å². The molecule has 0 spiro atoms. The van der Waals surface area contributed by atoms with Crippen molar-refractivity contribution < 1.29 is 14.7 Å². The first-order valence-corrected chi connectivity index (χ1v) is 7.07. The zero-order valence-electron chi connectivity index (χ0n) is 11.2. The van der Waals surface area contributed by atoms with Crippen LogP contribution in [0.4, 0.5) is 0 Å². The van der Waals surface area contributed by atoms with Crippen molar-refractivity contribution in [1.29, 1.82) is 0 Å². The highest BCUT2D eigenvalue weighted by atomic mass is 28.1. The molecule has 2 rings (SSSR count). The van der Waals surface area contributed by atoms with E-state index >= 15 is 0 Å². The van der Waals surface area contributed by atoms with E-state index < -0.39 is 5.97 Å². The van der Waals surface area contributed by atoms with Crippen LogP contribution in [0.25, 0.3) is 0 Å². The molecule has 0 atom stereocenters. The van der Waals surface area contributed by atoms with Gasteiger partial charge in [-0.3, -0.25) is 4.79 Å². The molecule has 0 fully saturated rings. The van der Waals surface area contributed by atoms with Crippen molar-refractivity contribution in [3.8, 4) is 0 Å². The van der Waals surface area contributed by atoms with Gasteiger partial charge < -0.3 is 5.11 Å². The summed E-state index contributed by atoms with van der Waals surface area (Å²) in [7, 11) is 0.904. The molecule has 0 bridgehead atoms. The smallest absolute Gasteiger partial charge is 0.327 e. The maximum atomic E-state index is 12.1. The largest absolute Gasteiger partial charge is 0.478 e. The van der Waals surface area contributed by atoms with Gasteiger partial charge in [0.25, 0.3) is 0 Å². The molecule has 0 aromatic heterocycles. The van der Waals surface area contributed by atoms with Crippen LogP contribution in [-0.4, -0.2) is 27.1 Å². The van der Waals surface area contributed by atoms with E-state index in [0.29, 0.717) is 0 Å². The van der Waals surface area contributed by atoms with E-state index in [2.05, 4.69) is 6.58 Å². The fraction of sp³-hybridized carbons (Fsp3) is 0. The van der Waals surface area contributed by atoms with Gasteiger partial charge in [-0.05, 0) is 0 Å². The number of aliphatic carboxylic acids is 1. The van der Waals surface area contributed by atoms with Crippen molar-refractivity contribution in [2.45, 2.75) is 0 Å². The summed E-state index contributed by atoms with van der Waals surface area (Å²) in [6.07, 6.45) is 0.833. The van der Waals surface area contributed by atoms with Crippen LogP contribution in [0.1, 0.15) is 15.9 Å². The number of ketones is 1. The number of benzene rings is 2. The van der Waals surface area contributed by atoms with Crippen LogP contribution < -0.4 is 5.19 Å². The molecule has 1 N–H and O–H groups in total. The van der Waals surface area contributed by atoms with Crippen LogP contribution in [0.3, 0.4) is 0 Å². The summed E-state index contributed by atoms with van der Waals surface area (Å²) in [5.41, 5.74) is 1.61. The number of hydrogen-bond donors (Lipinski definition) is 1.